The van der Waals surface area contributed by atoms with Crippen molar-refractivity contribution < 1.29 is 9.47 Å². The molecule has 0 spiro atoms. The fourth-order valence-corrected chi connectivity index (χ4v) is 4.19. The Bertz CT molecular complexity index is 711. The summed E-state index contributed by atoms with van der Waals surface area (Å²) < 4.78 is 11.6. The van der Waals surface area contributed by atoms with E-state index in [0.717, 1.165) is 64.8 Å². The van der Waals surface area contributed by atoms with Crippen LogP contribution in [0.2, 0.25) is 0 Å². The number of hydrogen-bond acceptors (Lipinski definition) is 5. The topological polar surface area (TPSA) is 37.8 Å². The normalized spacial score (nSPS) is 19.6. The largest absolute Gasteiger partial charge is 0.492 e. The second-order valence-electron chi connectivity index (χ2n) is 7.74. The molecule has 2 aliphatic rings. The third kappa shape index (κ3) is 5.31. The Morgan fingerprint density at radius 3 is 2.46 bits per heavy atom. The van der Waals surface area contributed by atoms with Crippen LogP contribution in [0.15, 0.2) is 48.8 Å². The van der Waals surface area contributed by atoms with Gasteiger partial charge in [-0.2, -0.15) is 0 Å². The van der Waals surface area contributed by atoms with Crippen molar-refractivity contribution in [2.45, 2.75) is 25.3 Å². The van der Waals surface area contributed by atoms with Gasteiger partial charge in [0.2, 0.25) is 0 Å². The molecule has 2 aliphatic heterocycles. The standard InChI is InChI=1S/C23H31N3O2/c1-2-4-23(28-18-15-25-13-16-27-17-14-25)22(3-1)19-26-11-7-21(8-12-26)20-5-9-24-10-6-20/h1-6,9-10,21H,7-8,11-19H2. The van der Waals surface area contributed by atoms with Crippen molar-refractivity contribution in [2.24, 2.45) is 0 Å². The zero-order chi connectivity index (χ0) is 19.0. The summed E-state index contributed by atoms with van der Waals surface area (Å²) >= 11 is 0. The molecular weight excluding hydrogens is 350 g/mol. The zero-order valence-corrected chi connectivity index (χ0v) is 16.6. The molecule has 150 valence electrons. The SMILES string of the molecule is c1ccc(OCCN2CCOCC2)c(CN2CCC(c3ccncc3)CC2)c1. The monoisotopic (exact) mass is 381 g/mol. The molecule has 1 aromatic carbocycles. The van der Waals surface area contributed by atoms with Gasteiger partial charge >= 0.3 is 0 Å². The maximum absolute atomic E-state index is 6.16. The maximum Gasteiger partial charge on any atom is 0.123 e. The number of pyridine rings is 1. The second-order valence-corrected chi connectivity index (χ2v) is 7.74. The van der Waals surface area contributed by atoms with Crippen LogP contribution in [0, 0.1) is 0 Å². The lowest BCUT2D eigenvalue weighted by Crippen LogP contribution is -2.38. The first kappa shape index (κ1) is 19.4. The Hall–Kier alpha value is -1.95. The average Bonchev–Trinajstić information content (AvgIpc) is 2.77. The average molecular weight is 382 g/mol. The summed E-state index contributed by atoms with van der Waals surface area (Å²) in [6.45, 7) is 8.64. The number of benzene rings is 1. The summed E-state index contributed by atoms with van der Waals surface area (Å²) in [6, 6.07) is 12.8. The quantitative estimate of drug-likeness (QED) is 0.736. The number of piperidine rings is 1. The van der Waals surface area contributed by atoms with Crippen LogP contribution in [0.5, 0.6) is 5.75 Å². The summed E-state index contributed by atoms with van der Waals surface area (Å²) in [5, 5.41) is 0. The van der Waals surface area contributed by atoms with Crippen LogP contribution in [-0.2, 0) is 11.3 Å². The molecule has 2 saturated heterocycles. The molecule has 0 atom stereocenters. The Labute approximate surface area is 168 Å². The molecule has 0 amide bonds. The lowest BCUT2D eigenvalue weighted by atomic mass is 9.90. The lowest BCUT2D eigenvalue weighted by molar-refractivity contribution is 0.0321. The molecule has 0 radical (unpaired) electrons. The minimum absolute atomic E-state index is 0.666. The van der Waals surface area contributed by atoms with E-state index in [0.29, 0.717) is 5.92 Å². The highest BCUT2D eigenvalue weighted by Crippen LogP contribution is 2.29. The van der Waals surface area contributed by atoms with E-state index in [1.807, 2.05) is 12.4 Å². The summed E-state index contributed by atoms with van der Waals surface area (Å²) in [6.07, 6.45) is 6.24. The van der Waals surface area contributed by atoms with Gasteiger partial charge in [-0.1, -0.05) is 18.2 Å². The first-order chi connectivity index (χ1) is 13.9. The first-order valence-electron chi connectivity index (χ1n) is 10.5. The Morgan fingerprint density at radius 2 is 1.68 bits per heavy atom. The van der Waals surface area contributed by atoms with Gasteiger partial charge in [0, 0.05) is 44.1 Å². The number of aromatic nitrogens is 1. The number of ether oxygens (including phenoxy) is 2. The molecule has 0 aliphatic carbocycles. The highest BCUT2D eigenvalue weighted by molar-refractivity contribution is 5.33. The smallest absolute Gasteiger partial charge is 0.123 e. The van der Waals surface area contributed by atoms with Crippen molar-refractivity contribution >= 4 is 0 Å². The summed E-state index contributed by atoms with van der Waals surface area (Å²) in [7, 11) is 0. The number of nitrogens with zero attached hydrogens (tertiary/aromatic N) is 3. The summed E-state index contributed by atoms with van der Waals surface area (Å²) in [4.78, 5) is 9.11. The molecule has 2 fully saturated rings. The van der Waals surface area contributed by atoms with E-state index in [-0.39, 0.29) is 0 Å². The Kier molecular flexibility index (Phi) is 6.92. The van der Waals surface area contributed by atoms with Gasteiger partial charge in [0.05, 0.1) is 13.2 Å². The number of likely N-dealkylation sites (tertiary alicyclic amines) is 1. The summed E-state index contributed by atoms with van der Waals surface area (Å²) in [5.74, 6) is 1.70. The van der Waals surface area contributed by atoms with Crippen LogP contribution >= 0.6 is 0 Å². The minimum atomic E-state index is 0.666. The third-order valence-electron chi connectivity index (χ3n) is 5.90. The molecular formula is C23H31N3O2. The molecule has 5 heteroatoms. The van der Waals surface area contributed by atoms with Gasteiger partial charge in [0.15, 0.2) is 0 Å². The predicted octanol–water partition coefficient (Wildman–Crippen LogP) is 3.17. The van der Waals surface area contributed by atoms with Crippen LogP contribution in [0.3, 0.4) is 0 Å². The van der Waals surface area contributed by atoms with E-state index >= 15 is 0 Å². The van der Waals surface area contributed by atoms with Gasteiger partial charge in [-0.05, 0) is 55.6 Å². The van der Waals surface area contributed by atoms with Crippen LogP contribution in [0.25, 0.3) is 0 Å². The maximum atomic E-state index is 6.16. The van der Waals surface area contributed by atoms with Crippen LogP contribution in [-0.4, -0.2) is 67.3 Å². The predicted molar refractivity (Wildman–Crippen MR) is 111 cm³/mol. The lowest BCUT2D eigenvalue weighted by Gasteiger charge is -2.32. The van der Waals surface area contributed by atoms with Gasteiger partial charge in [-0.3, -0.25) is 14.8 Å². The first-order valence-corrected chi connectivity index (χ1v) is 10.5. The molecule has 0 saturated carbocycles. The minimum Gasteiger partial charge on any atom is -0.492 e. The van der Waals surface area contributed by atoms with Gasteiger partial charge in [0.25, 0.3) is 0 Å². The van der Waals surface area contributed by atoms with Crippen LogP contribution in [0.4, 0.5) is 0 Å². The molecule has 5 nitrogen and oxygen atoms in total. The van der Waals surface area contributed by atoms with Crippen molar-refractivity contribution in [1.29, 1.82) is 0 Å². The van der Waals surface area contributed by atoms with Gasteiger partial charge in [-0.15, -0.1) is 0 Å². The molecule has 3 heterocycles. The van der Waals surface area contributed by atoms with Crippen molar-refractivity contribution in [3.63, 3.8) is 0 Å². The van der Waals surface area contributed by atoms with E-state index in [4.69, 9.17) is 9.47 Å². The summed E-state index contributed by atoms with van der Waals surface area (Å²) in [5.41, 5.74) is 2.73. The van der Waals surface area contributed by atoms with Crippen molar-refractivity contribution in [3.05, 3.63) is 59.9 Å². The van der Waals surface area contributed by atoms with Crippen molar-refractivity contribution in [2.75, 3.05) is 52.5 Å². The van der Waals surface area contributed by atoms with Crippen LogP contribution in [0.1, 0.15) is 29.9 Å². The molecule has 0 N–H and O–H groups in total. The number of para-hydroxylation sites is 1. The van der Waals surface area contributed by atoms with E-state index in [2.05, 4.69) is 51.2 Å². The highest BCUT2D eigenvalue weighted by atomic mass is 16.5. The number of hydrogen-bond donors (Lipinski definition) is 0. The van der Waals surface area contributed by atoms with Crippen molar-refractivity contribution in [1.82, 2.24) is 14.8 Å². The van der Waals surface area contributed by atoms with Crippen LogP contribution < -0.4 is 4.74 Å². The Morgan fingerprint density at radius 1 is 0.929 bits per heavy atom. The molecule has 1 aromatic heterocycles. The molecule has 4 rings (SSSR count). The highest BCUT2D eigenvalue weighted by Gasteiger charge is 2.21. The molecule has 28 heavy (non-hydrogen) atoms. The fourth-order valence-electron chi connectivity index (χ4n) is 4.19. The van der Waals surface area contributed by atoms with E-state index in [1.54, 1.807) is 0 Å². The molecule has 2 aromatic rings. The molecule has 0 unspecified atom stereocenters. The fraction of sp³-hybridized carbons (Fsp3) is 0.522. The van der Waals surface area contributed by atoms with Gasteiger partial charge < -0.3 is 9.47 Å². The van der Waals surface area contributed by atoms with E-state index in [1.165, 1.54) is 24.0 Å². The second kappa shape index (κ2) is 10.0. The zero-order valence-electron chi connectivity index (χ0n) is 16.6. The molecule has 0 bridgehead atoms. The van der Waals surface area contributed by atoms with Gasteiger partial charge in [-0.25, -0.2) is 0 Å². The van der Waals surface area contributed by atoms with Crippen molar-refractivity contribution in [3.8, 4) is 5.75 Å². The van der Waals surface area contributed by atoms with E-state index in [9.17, 15) is 0 Å². The van der Waals surface area contributed by atoms with E-state index < -0.39 is 0 Å². The number of rotatable bonds is 7. The Balaban J connectivity index is 1.27. The van der Waals surface area contributed by atoms with Gasteiger partial charge in [0.1, 0.15) is 12.4 Å². The third-order valence-corrected chi connectivity index (χ3v) is 5.90. The number of morpholine rings is 1.